The Bertz CT molecular complexity index is 1440. The normalized spacial score (nSPS) is 13.1. The largest absolute Gasteiger partial charge is 0.376 e. The summed E-state index contributed by atoms with van der Waals surface area (Å²) in [5.74, 6) is -0.389. The lowest BCUT2D eigenvalue weighted by Gasteiger charge is -2.30. The summed E-state index contributed by atoms with van der Waals surface area (Å²) < 4.78 is 13.7. The number of pyridine rings is 2. The maximum absolute atomic E-state index is 13.7. The van der Waals surface area contributed by atoms with E-state index in [0.29, 0.717) is 43.3 Å². The molecule has 0 radical (unpaired) electrons. The Balaban J connectivity index is 1.77. The van der Waals surface area contributed by atoms with Crippen molar-refractivity contribution >= 4 is 34.1 Å². The topological polar surface area (TPSA) is 46.0 Å². The van der Waals surface area contributed by atoms with Gasteiger partial charge in [0, 0.05) is 28.9 Å². The van der Waals surface area contributed by atoms with Crippen molar-refractivity contribution in [3.05, 3.63) is 130 Å². The number of benzene rings is 3. The van der Waals surface area contributed by atoms with Crippen LogP contribution in [-0.4, -0.2) is 15.1 Å². The zero-order valence-corrected chi connectivity index (χ0v) is 18.7. The molecular weight excluding hydrogens is 458 g/mol. The van der Waals surface area contributed by atoms with Crippen molar-refractivity contribution in [3.8, 4) is 11.1 Å². The molecule has 1 N–H and O–H groups in total. The van der Waals surface area contributed by atoms with Gasteiger partial charge in [-0.05, 0) is 47.0 Å². The molecule has 5 rings (SSSR count). The predicted molar refractivity (Wildman–Crippen MR) is 130 cm³/mol. The van der Waals surface area contributed by atoms with Crippen molar-refractivity contribution in [3.63, 3.8) is 0 Å². The summed E-state index contributed by atoms with van der Waals surface area (Å²) in [6.07, 6.45) is 3.22. The first kappa shape index (κ1) is 21.5. The molecule has 0 aliphatic carbocycles. The predicted octanol–water partition coefficient (Wildman–Crippen LogP) is 7.03. The van der Waals surface area contributed by atoms with Gasteiger partial charge in [-0.1, -0.05) is 77.8 Å². The minimum absolute atomic E-state index is 0.299. The first-order valence-electron chi connectivity index (χ1n) is 10.2. The van der Waals surface area contributed by atoms with Gasteiger partial charge in [0.05, 0.1) is 10.5 Å². The highest BCUT2D eigenvalue weighted by atomic mass is 35.5. The minimum Gasteiger partial charge on any atom is -0.376 e. The second-order valence-corrected chi connectivity index (χ2v) is 8.38. The molecule has 33 heavy (non-hydrogen) atoms. The van der Waals surface area contributed by atoms with Crippen LogP contribution in [-0.2, 0) is 5.60 Å². The number of aromatic nitrogens is 2. The Morgan fingerprint density at radius 1 is 0.788 bits per heavy atom. The third-order valence-corrected chi connectivity index (χ3v) is 6.37. The van der Waals surface area contributed by atoms with Crippen LogP contribution >= 0.6 is 23.2 Å². The van der Waals surface area contributed by atoms with Crippen molar-refractivity contribution in [2.45, 2.75) is 5.60 Å². The van der Waals surface area contributed by atoms with Crippen LogP contribution in [0, 0.1) is 5.82 Å². The van der Waals surface area contributed by atoms with Crippen molar-refractivity contribution in [1.82, 2.24) is 9.97 Å². The Kier molecular flexibility index (Phi) is 5.59. The molecule has 0 aliphatic heterocycles. The van der Waals surface area contributed by atoms with E-state index >= 15 is 0 Å². The number of rotatable bonds is 4. The quantitative estimate of drug-likeness (QED) is 0.284. The highest BCUT2D eigenvalue weighted by Gasteiger charge is 2.34. The van der Waals surface area contributed by atoms with E-state index in [1.54, 1.807) is 54.9 Å². The van der Waals surface area contributed by atoms with Crippen LogP contribution in [0.2, 0.25) is 10.2 Å². The SMILES string of the molecule is OC(c1ccc(F)cc1)(c1cccnc1)c1ccc2nc(Cl)c(-c3ccccc3)c(Cl)c2c1. The summed E-state index contributed by atoms with van der Waals surface area (Å²) in [6.45, 7) is 0. The van der Waals surface area contributed by atoms with E-state index in [-0.39, 0.29) is 5.82 Å². The maximum Gasteiger partial charge on any atom is 0.142 e. The third kappa shape index (κ3) is 3.76. The fraction of sp³-hybridized carbons (Fsp3) is 0.0370. The van der Waals surface area contributed by atoms with Crippen LogP contribution in [0.15, 0.2) is 97.3 Å². The highest BCUT2D eigenvalue weighted by Crippen LogP contribution is 2.42. The molecule has 0 saturated carbocycles. The number of aliphatic hydroxyl groups is 1. The molecule has 0 bridgehead atoms. The Labute approximate surface area is 200 Å². The van der Waals surface area contributed by atoms with Gasteiger partial charge in [-0.3, -0.25) is 4.98 Å². The molecule has 1 atom stereocenters. The summed E-state index contributed by atoms with van der Waals surface area (Å²) in [5, 5.41) is 13.4. The smallest absolute Gasteiger partial charge is 0.142 e. The average Bonchev–Trinajstić information content (AvgIpc) is 2.85. The number of hydrogen-bond acceptors (Lipinski definition) is 3. The lowest BCUT2D eigenvalue weighted by molar-refractivity contribution is 0.125. The van der Waals surface area contributed by atoms with Crippen LogP contribution in [0.25, 0.3) is 22.0 Å². The molecule has 162 valence electrons. The summed E-state index contributed by atoms with van der Waals surface area (Å²) in [5.41, 5.74) is 2.05. The van der Waals surface area contributed by atoms with Crippen molar-refractivity contribution in [2.75, 3.05) is 0 Å². The van der Waals surface area contributed by atoms with Gasteiger partial charge >= 0.3 is 0 Å². The number of hydrogen-bond donors (Lipinski definition) is 1. The van der Waals surface area contributed by atoms with Crippen LogP contribution in [0.3, 0.4) is 0 Å². The second kappa shape index (κ2) is 8.56. The monoisotopic (exact) mass is 474 g/mol. The van der Waals surface area contributed by atoms with Crippen LogP contribution in [0.1, 0.15) is 16.7 Å². The van der Waals surface area contributed by atoms with E-state index < -0.39 is 5.60 Å². The molecule has 0 fully saturated rings. The minimum atomic E-state index is -1.59. The molecule has 1 unspecified atom stereocenters. The standard InChI is InChI=1S/C27H17Cl2FN2O/c28-25-22-15-19(10-13-23(22)32-26(29)24(25)17-5-2-1-3-6-17)27(33,20-7-4-14-31-16-20)18-8-11-21(30)12-9-18/h1-16,33H. The van der Waals surface area contributed by atoms with E-state index in [9.17, 15) is 9.50 Å². The molecule has 0 saturated heterocycles. The van der Waals surface area contributed by atoms with E-state index in [1.807, 2.05) is 30.3 Å². The maximum atomic E-state index is 13.7. The number of halogens is 3. The molecule has 2 heterocycles. The molecule has 3 aromatic carbocycles. The van der Waals surface area contributed by atoms with Gasteiger partial charge in [0.1, 0.15) is 16.6 Å². The highest BCUT2D eigenvalue weighted by molar-refractivity contribution is 6.42. The lowest BCUT2D eigenvalue weighted by Crippen LogP contribution is -2.29. The Hall–Kier alpha value is -3.31. The molecular formula is C27H17Cl2FN2O. The van der Waals surface area contributed by atoms with Crippen molar-refractivity contribution in [2.24, 2.45) is 0 Å². The number of nitrogens with zero attached hydrogens (tertiary/aromatic N) is 2. The van der Waals surface area contributed by atoms with Crippen LogP contribution in [0.5, 0.6) is 0 Å². The fourth-order valence-electron chi connectivity index (χ4n) is 4.04. The first-order chi connectivity index (χ1) is 16.0. The molecule has 5 aromatic rings. The van der Waals surface area contributed by atoms with Gasteiger partial charge in [-0.2, -0.15) is 0 Å². The van der Waals surface area contributed by atoms with Crippen LogP contribution < -0.4 is 0 Å². The van der Waals surface area contributed by atoms with E-state index in [0.717, 1.165) is 5.56 Å². The molecule has 0 aliphatic rings. The summed E-state index contributed by atoms with van der Waals surface area (Å²) in [4.78, 5) is 8.71. The zero-order valence-electron chi connectivity index (χ0n) is 17.2. The van der Waals surface area contributed by atoms with Gasteiger partial charge < -0.3 is 5.11 Å². The van der Waals surface area contributed by atoms with Gasteiger partial charge in [-0.15, -0.1) is 0 Å². The second-order valence-electron chi connectivity index (χ2n) is 7.65. The first-order valence-corrected chi connectivity index (χ1v) is 11.0. The summed E-state index contributed by atoms with van der Waals surface area (Å²) >= 11 is 13.3. The molecule has 0 amide bonds. The molecule has 3 nitrogen and oxygen atoms in total. The van der Waals surface area contributed by atoms with Gasteiger partial charge in [0.25, 0.3) is 0 Å². The summed E-state index contributed by atoms with van der Waals surface area (Å²) in [6, 6.07) is 24.1. The zero-order chi connectivity index (χ0) is 23.0. The van der Waals surface area contributed by atoms with Gasteiger partial charge in [0.15, 0.2) is 0 Å². The third-order valence-electron chi connectivity index (χ3n) is 5.70. The van der Waals surface area contributed by atoms with E-state index in [4.69, 9.17) is 23.2 Å². The van der Waals surface area contributed by atoms with E-state index in [1.165, 1.54) is 12.1 Å². The Morgan fingerprint density at radius 2 is 1.52 bits per heavy atom. The summed E-state index contributed by atoms with van der Waals surface area (Å²) in [7, 11) is 0. The lowest BCUT2D eigenvalue weighted by atomic mass is 9.80. The van der Waals surface area contributed by atoms with E-state index in [2.05, 4.69) is 9.97 Å². The number of fused-ring (bicyclic) bond motifs is 1. The fourth-order valence-corrected chi connectivity index (χ4v) is 4.73. The molecule has 6 heteroatoms. The van der Waals surface area contributed by atoms with Gasteiger partial charge in [-0.25, -0.2) is 9.37 Å². The Morgan fingerprint density at radius 3 is 2.21 bits per heavy atom. The molecule has 0 spiro atoms. The van der Waals surface area contributed by atoms with Crippen molar-refractivity contribution in [1.29, 1.82) is 0 Å². The van der Waals surface area contributed by atoms with Crippen LogP contribution in [0.4, 0.5) is 4.39 Å². The van der Waals surface area contributed by atoms with Gasteiger partial charge in [0.2, 0.25) is 0 Å². The van der Waals surface area contributed by atoms with Crippen molar-refractivity contribution < 1.29 is 9.50 Å². The molecule has 2 aromatic heterocycles. The average molecular weight is 475 g/mol.